The fourth-order valence-electron chi connectivity index (χ4n) is 2.49. The molecule has 0 fully saturated rings. The zero-order valence-corrected chi connectivity index (χ0v) is 16.1. The van der Waals surface area contributed by atoms with Crippen molar-refractivity contribution >= 4 is 40.1 Å². The van der Waals surface area contributed by atoms with Crippen molar-refractivity contribution in [2.24, 2.45) is 0 Å². The number of ether oxygens (including phenoxy) is 1. The van der Waals surface area contributed by atoms with E-state index in [1.807, 2.05) is 30.3 Å². The molecule has 2 atom stereocenters. The lowest BCUT2D eigenvalue weighted by atomic mass is 9.86. The summed E-state index contributed by atoms with van der Waals surface area (Å²) in [7, 11) is 1.29. The van der Waals surface area contributed by atoms with Crippen molar-refractivity contribution in [1.29, 1.82) is 0 Å². The number of esters is 1. The van der Waals surface area contributed by atoms with Gasteiger partial charge in [-0.15, -0.1) is 0 Å². The van der Waals surface area contributed by atoms with Gasteiger partial charge in [-0.05, 0) is 12.5 Å². The Balaban J connectivity index is 3.05. The summed E-state index contributed by atoms with van der Waals surface area (Å²) >= 11 is 6.63. The predicted octanol–water partition coefficient (Wildman–Crippen LogP) is 3.96. The van der Waals surface area contributed by atoms with Crippen LogP contribution in [0.4, 0.5) is 0 Å². The molecule has 1 rings (SSSR count). The average Bonchev–Trinajstić information content (AvgIpc) is 2.59. The van der Waals surface area contributed by atoms with E-state index in [9.17, 15) is 9.59 Å². The van der Waals surface area contributed by atoms with Gasteiger partial charge < -0.3 is 14.7 Å². The van der Waals surface area contributed by atoms with E-state index in [1.54, 1.807) is 13.8 Å². The second-order valence-electron chi connectivity index (χ2n) is 6.16. The lowest BCUT2D eigenvalue weighted by Gasteiger charge is -2.30. The van der Waals surface area contributed by atoms with Crippen LogP contribution in [-0.4, -0.2) is 38.6 Å². The van der Waals surface area contributed by atoms with Gasteiger partial charge in [-0.3, -0.25) is 9.59 Å². The summed E-state index contributed by atoms with van der Waals surface area (Å²) in [5, 5.41) is 8.90. The largest absolute Gasteiger partial charge is 0.481 e. The molecule has 0 aliphatic heterocycles. The Morgan fingerprint density at radius 2 is 1.92 bits per heavy atom. The highest BCUT2D eigenvalue weighted by Crippen LogP contribution is 2.40. The van der Waals surface area contributed by atoms with E-state index < -0.39 is 22.2 Å². The molecule has 0 radical (unpaired) electrons. The van der Waals surface area contributed by atoms with Crippen LogP contribution in [-0.2, 0) is 14.3 Å². The van der Waals surface area contributed by atoms with E-state index in [4.69, 9.17) is 28.6 Å². The second kappa shape index (κ2) is 8.97. The number of rotatable bonds is 8. The highest BCUT2D eigenvalue weighted by molar-refractivity contribution is 8.25. The minimum absolute atomic E-state index is 0.135. The lowest BCUT2D eigenvalue weighted by molar-refractivity contribution is -0.143. The fourth-order valence-corrected chi connectivity index (χ4v) is 4.39. The van der Waals surface area contributed by atoms with Crippen molar-refractivity contribution in [2.75, 3.05) is 7.11 Å². The topological polar surface area (TPSA) is 68.0 Å². The first-order chi connectivity index (χ1) is 11.7. The van der Waals surface area contributed by atoms with Crippen molar-refractivity contribution in [3.63, 3.8) is 0 Å². The number of nitrogens with zero attached hydrogens (tertiary/aromatic N) is 1. The Bertz CT molecular complexity index is 686. The Labute approximate surface area is 157 Å². The van der Waals surface area contributed by atoms with Gasteiger partial charge in [0.25, 0.3) is 0 Å². The van der Waals surface area contributed by atoms with Crippen LogP contribution in [0.15, 0.2) is 30.3 Å². The fraction of sp³-hybridized carbons (Fsp3) is 0.444. The molecule has 0 saturated heterocycles. The van der Waals surface area contributed by atoms with Crippen LogP contribution in [0.2, 0.25) is 0 Å². The molecule has 134 valence electrons. The van der Waals surface area contributed by atoms with E-state index in [2.05, 4.69) is 4.85 Å². The molecule has 0 aromatic heterocycles. The second-order valence-corrected chi connectivity index (χ2v) is 8.34. The van der Waals surface area contributed by atoms with Crippen molar-refractivity contribution in [2.45, 2.75) is 43.4 Å². The van der Waals surface area contributed by atoms with Gasteiger partial charge in [0.1, 0.15) is 4.75 Å². The number of aliphatic carboxylic acids is 1. The molecule has 1 aromatic rings. The highest BCUT2D eigenvalue weighted by Gasteiger charge is 2.47. The van der Waals surface area contributed by atoms with Crippen LogP contribution in [0.1, 0.15) is 38.7 Å². The zero-order chi connectivity index (χ0) is 19.1. The summed E-state index contributed by atoms with van der Waals surface area (Å²) in [6.45, 7) is 10.8. The third-order valence-electron chi connectivity index (χ3n) is 3.81. The molecule has 1 N–H and O–H groups in total. The van der Waals surface area contributed by atoms with Crippen molar-refractivity contribution < 1.29 is 19.4 Å². The van der Waals surface area contributed by atoms with Crippen molar-refractivity contribution in [1.82, 2.24) is 0 Å². The summed E-state index contributed by atoms with van der Waals surface area (Å²) in [6, 6.07) is 9.29. The Morgan fingerprint density at radius 3 is 2.40 bits per heavy atom. The molecular weight excluding hydrogens is 358 g/mol. The number of methoxy groups -OCH3 is 1. The molecule has 0 bridgehead atoms. The van der Waals surface area contributed by atoms with Crippen LogP contribution < -0.4 is 0 Å². The first kappa shape index (κ1) is 21.1. The number of carbonyl (C=O) groups excluding carboxylic acids is 1. The van der Waals surface area contributed by atoms with E-state index >= 15 is 0 Å². The number of carboxylic acids is 1. The number of thioether (sulfide) groups is 1. The number of thiocarbonyl (C=S) groups is 1. The standard InChI is InChI=1S/C18H21NO4S2/c1-17(19-3,11-10-14(20)21)12-18(2,16(22)23-4)25-15(24)13-8-6-5-7-9-13/h5-9H,10-12H2,1-2,4H3,(H,20,21). The SMILES string of the molecule is [C-]#[N+]C(C)(CCC(=O)O)CC(C)(SC(=S)c1ccccc1)C(=O)OC. The quantitative estimate of drug-likeness (QED) is 0.419. The molecule has 2 unspecified atom stereocenters. The summed E-state index contributed by atoms with van der Waals surface area (Å²) in [6.07, 6.45) is 0.155. The average molecular weight is 380 g/mol. The van der Waals surface area contributed by atoms with Crippen molar-refractivity contribution in [3.05, 3.63) is 47.3 Å². The van der Waals surface area contributed by atoms with Gasteiger partial charge in [0, 0.05) is 13.3 Å². The van der Waals surface area contributed by atoms with Gasteiger partial charge in [-0.1, -0.05) is 54.3 Å². The first-order valence-corrected chi connectivity index (χ1v) is 8.85. The molecule has 0 heterocycles. The minimum Gasteiger partial charge on any atom is -0.481 e. The first-order valence-electron chi connectivity index (χ1n) is 7.63. The highest BCUT2D eigenvalue weighted by atomic mass is 32.2. The third-order valence-corrected chi connectivity index (χ3v) is 5.48. The van der Waals surface area contributed by atoms with E-state index in [-0.39, 0.29) is 19.3 Å². The van der Waals surface area contributed by atoms with E-state index in [0.717, 1.165) is 5.56 Å². The molecule has 0 aliphatic rings. The number of hydrogen-bond acceptors (Lipinski definition) is 5. The Morgan fingerprint density at radius 1 is 1.32 bits per heavy atom. The molecule has 1 aromatic carbocycles. The maximum absolute atomic E-state index is 12.4. The molecule has 0 spiro atoms. The number of benzene rings is 1. The summed E-state index contributed by atoms with van der Waals surface area (Å²) < 4.78 is 4.37. The molecule has 25 heavy (non-hydrogen) atoms. The van der Waals surface area contributed by atoms with Crippen molar-refractivity contribution in [3.8, 4) is 0 Å². The Kier molecular flexibility index (Phi) is 7.59. The van der Waals surface area contributed by atoms with Gasteiger partial charge in [-0.2, -0.15) is 0 Å². The number of carboxylic acid groups (broad SMARTS) is 1. The van der Waals surface area contributed by atoms with E-state index in [0.29, 0.717) is 4.20 Å². The summed E-state index contributed by atoms with van der Waals surface area (Å²) in [4.78, 5) is 26.9. The molecule has 5 nitrogen and oxygen atoms in total. The summed E-state index contributed by atoms with van der Waals surface area (Å²) in [5.74, 6) is -1.46. The zero-order valence-electron chi connectivity index (χ0n) is 14.4. The van der Waals surface area contributed by atoms with Gasteiger partial charge in [-0.25, -0.2) is 6.57 Å². The molecule has 0 saturated carbocycles. The van der Waals surface area contributed by atoms with Crippen LogP contribution in [0.3, 0.4) is 0 Å². The maximum Gasteiger partial charge on any atom is 0.322 e. The van der Waals surface area contributed by atoms with Crippen LogP contribution in [0, 0.1) is 6.57 Å². The number of hydrogen-bond donors (Lipinski definition) is 1. The lowest BCUT2D eigenvalue weighted by Crippen LogP contribution is -2.41. The molecule has 0 aliphatic carbocycles. The predicted molar refractivity (Wildman–Crippen MR) is 103 cm³/mol. The summed E-state index contributed by atoms with van der Waals surface area (Å²) in [5.41, 5.74) is -0.187. The van der Waals surface area contributed by atoms with Crippen LogP contribution in [0.25, 0.3) is 4.85 Å². The number of carbonyl (C=O) groups is 2. The smallest absolute Gasteiger partial charge is 0.322 e. The minimum atomic E-state index is -1.08. The Hall–Kier alpha value is -1.91. The van der Waals surface area contributed by atoms with Gasteiger partial charge in [0.15, 0.2) is 0 Å². The molecular formula is C18H21NO4S2. The normalized spacial score (nSPS) is 15.3. The van der Waals surface area contributed by atoms with E-state index in [1.165, 1.54) is 18.9 Å². The monoisotopic (exact) mass is 379 g/mol. The van der Waals surface area contributed by atoms with Gasteiger partial charge >= 0.3 is 11.9 Å². The van der Waals surface area contributed by atoms with Gasteiger partial charge in [0.2, 0.25) is 5.54 Å². The third kappa shape index (κ3) is 6.15. The van der Waals surface area contributed by atoms with Crippen LogP contribution >= 0.6 is 24.0 Å². The maximum atomic E-state index is 12.4. The molecule has 0 amide bonds. The van der Waals surface area contributed by atoms with Crippen LogP contribution in [0.5, 0.6) is 0 Å². The van der Waals surface area contributed by atoms with Gasteiger partial charge in [0.05, 0.1) is 24.1 Å². The molecule has 7 heteroatoms.